The number of nitrogens with one attached hydrogen (secondary N) is 2. The van der Waals surface area contributed by atoms with E-state index >= 15 is 0 Å². The zero-order valence-corrected chi connectivity index (χ0v) is 23.9. The van der Waals surface area contributed by atoms with Gasteiger partial charge in [0.15, 0.2) is 0 Å². The van der Waals surface area contributed by atoms with Crippen LogP contribution >= 0.6 is 23.2 Å². The zero-order chi connectivity index (χ0) is 31.8. The molecule has 0 spiro atoms. The highest BCUT2D eigenvalue weighted by Crippen LogP contribution is 2.47. The number of amides is 3. The minimum Gasteiger partial charge on any atom is -0.506 e. The number of halogens is 5. The highest BCUT2D eigenvalue weighted by molar-refractivity contribution is 6.42. The van der Waals surface area contributed by atoms with Crippen molar-refractivity contribution in [3.8, 4) is 11.5 Å². The van der Waals surface area contributed by atoms with Gasteiger partial charge in [-0.05, 0) is 29.8 Å². The van der Waals surface area contributed by atoms with Crippen molar-refractivity contribution in [2.24, 2.45) is 0 Å². The van der Waals surface area contributed by atoms with Gasteiger partial charge in [0.2, 0.25) is 11.9 Å². The number of aromatic nitrogens is 2. The van der Waals surface area contributed by atoms with E-state index in [1.165, 1.54) is 11.1 Å². The Morgan fingerprint density at radius 1 is 1.05 bits per heavy atom. The maximum Gasteiger partial charge on any atom is 0.416 e. The Balaban J connectivity index is 1.58. The van der Waals surface area contributed by atoms with Gasteiger partial charge in [0, 0.05) is 17.8 Å². The molecule has 0 radical (unpaired) electrons. The SMILES string of the molecule is C=CC(=O)Nc1cc(C(F)(F)F)ccc1Nc1ncc2c(n1)N(Cc1ccccc1)C(=O)N(c1c(Cl)c(O)cc(O)c1Cl)C2. The maximum absolute atomic E-state index is 14.0. The molecule has 0 aliphatic carbocycles. The van der Waals surface area contributed by atoms with E-state index in [-0.39, 0.29) is 52.0 Å². The molecule has 0 fully saturated rings. The summed E-state index contributed by atoms with van der Waals surface area (Å²) in [4.78, 5) is 37.1. The number of alkyl halides is 3. The zero-order valence-electron chi connectivity index (χ0n) is 22.4. The molecule has 4 N–H and O–H groups in total. The fourth-order valence-electron chi connectivity index (χ4n) is 4.43. The molecule has 0 saturated carbocycles. The predicted octanol–water partition coefficient (Wildman–Crippen LogP) is 7.23. The lowest BCUT2D eigenvalue weighted by molar-refractivity contribution is -0.137. The number of aromatic hydroxyl groups is 2. The molecule has 4 aromatic rings. The van der Waals surface area contributed by atoms with Gasteiger partial charge in [-0.15, -0.1) is 0 Å². The van der Waals surface area contributed by atoms with Crippen LogP contribution in [0.1, 0.15) is 16.7 Å². The lowest BCUT2D eigenvalue weighted by Gasteiger charge is -2.37. The van der Waals surface area contributed by atoms with Gasteiger partial charge >= 0.3 is 12.2 Å². The molecule has 0 bridgehead atoms. The molecule has 1 aromatic heterocycles. The monoisotopic (exact) mass is 644 g/mol. The summed E-state index contributed by atoms with van der Waals surface area (Å²) in [5.41, 5.74) is -0.163. The van der Waals surface area contributed by atoms with E-state index in [9.17, 15) is 33.0 Å². The summed E-state index contributed by atoms with van der Waals surface area (Å²) >= 11 is 12.6. The first-order chi connectivity index (χ1) is 20.9. The first-order valence-corrected chi connectivity index (χ1v) is 13.4. The fourth-order valence-corrected chi connectivity index (χ4v) is 4.98. The molecule has 10 nitrogen and oxygen atoms in total. The topological polar surface area (TPSA) is 131 Å². The number of phenolic OH excluding ortho intramolecular Hbond substituents is 2. The van der Waals surface area contributed by atoms with E-state index in [0.29, 0.717) is 5.56 Å². The van der Waals surface area contributed by atoms with Crippen molar-refractivity contribution in [3.63, 3.8) is 0 Å². The molecular weight excluding hydrogens is 624 g/mol. The summed E-state index contributed by atoms with van der Waals surface area (Å²) in [5, 5.41) is 25.1. The molecule has 0 atom stereocenters. The number of hydrogen-bond donors (Lipinski definition) is 4. The van der Waals surface area contributed by atoms with Gasteiger partial charge < -0.3 is 20.8 Å². The number of carbonyl (C=O) groups is 2. The van der Waals surface area contributed by atoms with Gasteiger partial charge in [-0.2, -0.15) is 18.2 Å². The van der Waals surface area contributed by atoms with Crippen LogP contribution in [0.15, 0.2) is 73.4 Å². The van der Waals surface area contributed by atoms with Crippen molar-refractivity contribution in [2.45, 2.75) is 19.3 Å². The number of fused-ring (bicyclic) bond motifs is 1. The second-order valence-electron chi connectivity index (χ2n) is 9.45. The Kier molecular flexibility index (Phi) is 8.26. The standard InChI is InChI=1S/C29H21Cl2F3N6O4/c1-2-22(43)36-19-10-17(29(32,33)34)8-9-18(19)37-27-35-12-16-14-39(25-23(30)20(41)11-21(42)24(25)31)28(44)40(26(16)38-27)13-15-6-4-3-5-7-15/h2-12,41-42H,1,13-14H2,(H,36,43)(H,35,37,38). The van der Waals surface area contributed by atoms with E-state index < -0.39 is 35.2 Å². The van der Waals surface area contributed by atoms with Crippen LogP contribution < -0.4 is 20.4 Å². The first-order valence-electron chi connectivity index (χ1n) is 12.7. The number of benzene rings is 3. The number of rotatable bonds is 7. The summed E-state index contributed by atoms with van der Waals surface area (Å²) in [5.74, 6) is -1.67. The average molecular weight is 645 g/mol. The molecule has 226 valence electrons. The van der Waals surface area contributed by atoms with E-state index in [2.05, 4.69) is 27.2 Å². The molecule has 44 heavy (non-hydrogen) atoms. The minimum absolute atomic E-state index is 0.0145. The average Bonchev–Trinajstić information content (AvgIpc) is 2.99. The van der Waals surface area contributed by atoms with Crippen molar-refractivity contribution < 1.29 is 33.0 Å². The molecule has 1 aliphatic rings. The van der Waals surface area contributed by atoms with Crippen LogP contribution in [0.25, 0.3) is 0 Å². The van der Waals surface area contributed by atoms with Crippen LogP contribution in [0.5, 0.6) is 11.5 Å². The largest absolute Gasteiger partial charge is 0.506 e. The number of hydrogen-bond acceptors (Lipinski definition) is 7. The third-order valence-corrected chi connectivity index (χ3v) is 7.26. The first kappa shape index (κ1) is 30.4. The van der Waals surface area contributed by atoms with Crippen molar-refractivity contribution in [1.29, 1.82) is 0 Å². The fraction of sp³-hybridized carbons (Fsp3) is 0.103. The Bertz CT molecular complexity index is 1760. The number of carbonyl (C=O) groups excluding carboxylic acids is 2. The smallest absolute Gasteiger partial charge is 0.416 e. The molecule has 1 aliphatic heterocycles. The highest BCUT2D eigenvalue weighted by Gasteiger charge is 2.37. The lowest BCUT2D eigenvalue weighted by atomic mass is 10.1. The highest BCUT2D eigenvalue weighted by atomic mass is 35.5. The normalized spacial score (nSPS) is 13.0. The summed E-state index contributed by atoms with van der Waals surface area (Å²) < 4.78 is 40.1. The van der Waals surface area contributed by atoms with Crippen molar-refractivity contribution in [3.05, 3.63) is 100 Å². The van der Waals surface area contributed by atoms with Gasteiger partial charge in [0.05, 0.1) is 35.7 Å². The second kappa shape index (κ2) is 11.9. The molecule has 2 heterocycles. The maximum atomic E-state index is 14.0. The van der Waals surface area contributed by atoms with Crippen LogP contribution in [0.4, 0.5) is 46.8 Å². The summed E-state index contributed by atoms with van der Waals surface area (Å²) in [7, 11) is 0. The van der Waals surface area contributed by atoms with Crippen LogP contribution in [-0.4, -0.2) is 32.1 Å². The van der Waals surface area contributed by atoms with Gasteiger partial charge in [-0.3, -0.25) is 14.6 Å². The summed E-state index contributed by atoms with van der Waals surface area (Å²) in [6.45, 7) is 3.17. The molecule has 5 rings (SSSR count). The van der Waals surface area contributed by atoms with Crippen molar-refractivity contribution in [2.75, 3.05) is 20.4 Å². The van der Waals surface area contributed by atoms with Crippen LogP contribution in [0.3, 0.4) is 0 Å². The Morgan fingerprint density at radius 3 is 2.36 bits per heavy atom. The number of urea groups is 1. The molecule has 15 heteroatoms. The third kappa shape index (κ3) is 6.05. The lowest BCUT2D eigenvalue weighted by Crippen LogP contribution is -2.47. The Labute approximate surface area is 258 Å². The molecule has 0 saturated heterocycles. The molecule has 3 aromatic carbocycles. The Hall–Kier alpha value is -5.01. The second-order valence-corrected chi connectivity index (χ2v) is 10.2. The van der Waals surface area contributed by atoms with Crippen molar-refractivity contribution >= 4 is 64.0 Å². The van der Waals surface area contributed by atoms with Gasteiger partial charge in [0.25, 0.3) is 0 Å². The number of anilines is 5. The Morgan fingerprint density at radius 2 is 1.73 bits per heavy atom. The summed E-state index contributed by atoms with van der Waals surface area (Å²) in [6.07, 6.45) is -2.38. The molecule has 0 unspecified atom stereocenters. The van der Waals surface area contributed by atoms with Gasteiger partial charge in [-0.1, -0.05) is 60.1 Å². The quantitative estimate of drug-likeness (QED) is 0.156. The van der Waals surface area contributed by atoms with Gasteiger partial charge in [-0.25, -0.2) is 9.78 Å². The molecular formula is C29H21Cl2F3N6O4. The molecule has 3 amide bonds. The van der Waals surface area contributed by atoms with E-state index in [0.717, 1.165) is 40.8 Å². The van der Waals surface area contributed by atoms with Crippen LogP contribution in [0.2, 0.25) is 10.0 Å². The summed E-state index contributed by atoms with van der Waals surface area (Å²) in [6, 6.07) is 11.9. The number of nitrogens with zero attached hydrogens (tertiary/aromatic N) is 4. The van der Waals surface area contributed by atoms with E-state index in [1.807, 2.05) is 0 Å². The minimum atomic E-state index is -4.67. The number of phenols is 2. The van der Waals surface area contributed by atoms with E-state index in [1.54, 1.807) is 30.3 Å². The third-order valence-electron chi connectivity index (χ3n) is 6.52. The van der Waals surface area contributed by atoms with Crippen molar-refractivity contribution in [1.82, 2.24) is 9.97 Å². The van der Waals surface area contributed by atoms with Crippen LogP contribution in [-0.2, 0) is 24.1 Å². The van der Waals surface area contributed by atoms with Gasteiger partial charge in [0.1, 0.15) is 27.4 Å². The predicted molar refractivity (Wildman–Crippen MR) is 160 cm³/mol. The van der Waals surface area contributed by atoms with Crippen LogP contribution in [0, 0.1) is 0 Å². The van der Waals surface area contributed by atoms with E-state index in [4.69, 9.17) is 23.2 Å².